The van der Waals surface area contributed by atoms with Crippen molar-refractivity contribution in [3.63, 3.8) is 0 Å². The number of hydrogen-bond donors (Lipinski definition) is 0. The summed E-state index contributed by atoms with van der Waals surface area (Å²) in [5.74, 6) is 0.713. The number of carbonyl (C=O) groups is 2. The van der Waals surface area contributed by atoms with Crippen molar-refractivity contribution in [3.05, 3.63) is 24.3 Å². The van der Waals surface area contributed by atoms with E-state index in [0.29, 0.717) is 23.5 Å². The smallest absolute Gasteiger partial charge is 0.215 e. The Morgan fingerprint density at radius 3 is 2.14 bits per heavy atom. The Morgan fingerprint density at radius 1 is 1.14 bits per heavy atom. The van der Waals surface area contributed by atoms with Crippen LogP contribution >= 0.6 is 23.5 Å². The zero-order chi connectivity index (χ0) is 16.6. The SMILES string of the molecule is C=C(C)C(=O)SCCC(C)OCC(C)(C)SC(=O)C(=C)C. The van der Waals surface area contributed by atoms with E-state index >= 15 is 0 Å². The lowest BCUT2D eigenvalue weighted by Gasteiger charge is -2.25. The predicted octanol–water partition coefficient (Wildman–Crippen LogP) is 4.23. The zero-order valence-corrected chi connectivity index (χ0v) is 15.3. The Bertz CT molecular complexity index is 414. The molecule has 0 bridgehead atoms. The molecule has 21 heavy (non-hydrogen) atoms. The summed E-state index contributed by atoms with van der Waals surface area (Å²) < 4.78 is 5.49. The van der Waals surface area contributed by atoms with Gasteiger partial charge >= 0.3 is 0 Å². The summed E-state index contributed by atoms with van der Waals surface area (Å²) in [6.07, 6.45) is 0.842. The van der Waals surface area contributed by atoms with Gasteiger partial charge in [-0.3, -0.25) is 9.59 Å². The zero-order valence-electron chi connectivity index (χ0n) is 13.7. The quantitative estimate of drug-likeness (QED) is 0.592. The van der Waals surface area contributed by atoms with Crippen LogP contribution in [0.5, 0.6) is 0 Å². The normalized spacial score (nSPS) is 12.8. The molecule has 0 aliphatic carbocycles. The molecule has 0 aromatic heterocycles. The summed E-state index contributed by atoms with van der Waals surface area (Å²) in [4.78, 5) is 23.1. The highest BCUT2D eigenvalue weighted by atomic mass is 32.2. The van der Waals surface area contributed by atoms with Gasteiger partial charge in [-0.15, -0.1) is 0 Å². The van der Waals surface area contributed by atoms with Gasteiger partial charge in [0.2, 0.25) is 10.2 Å². The van der Waals surface area contributed by atoms with E-state index in [9.17, 15) is 9.59 Å². The molecule has 0 heterocycles. The molecule has 0 amide bonds. The van der Waals surface area contributed by atoms with Crippen LogP contribution in [0.2, 0.25) is 0 Å². The van der Waals surface area contributed by atoms with E-state index in [0.717, 1.165) is 6.42 Å². The summed E-state index contributed by atoms with van der Waals surface area (Å²) in [6.45, 7) is 17.1. The van der Waals surface area contributed by atoms with Crippen molar-refractivity contribution in [3.8, 4) is 0 Å². The maximum Gasteiger partial charge on any atom is 0.215 e. The summed E-state index contributed by atoms with van der Waals surface area (Å²) in [7, 11) is 0. The van der Waals surface area contributed by atoms with Crippen molar-refractivity contribution in [2.24, 2.45) is 0 Å². The fourth-order valence-corrected chi connectivity index (χ4v) is 2.92. The molecule has 0 fully saturated rings. The van der Waals surface area contributed by atoms with E-state index in [1.54, 1.807) is 13.8 Å². The average Bonchev–Trinajstić information content (AvgIpc) is 2.35. The minimum Gasteiger partial charge on any atom is -0.377 e. The second-order valence-corrected chi connectivity index (χ2v) is 8.50. The summed E-state index contributed by atoms with van der Waals surface area (Å²) >= 11 is 2.52. The van der Waals surface area contributed by atoms with Crippen molar-refractivity contribution < 1.29 is 14.3 Å². The summed E-state index contributed by atoms with van der Waals surface area (Å²) in [5, 5.41) is 0.0315. The van der Waals surface area contributed by atoms with Gasteiger partial charge in [0.15, 0.2) is 0 Å². The van der Waals surface area contributed by atoms with Gasteiger partial charge in [0.1, 0.15) is 0 Å². The van der Waals surface area contributed by atoms with Crippen LogP contribution in [0.25, 0.3) is 0 Å². The fourth-order valence-electron chi connectivity index (χ4n) is 1.23. The van der Waals surface area contributed by atoms with Crippen LogP contribution in [0, 0.1) is 0 Å². The molecule has 0 radical (unpaired) electrons. The molecule has 0 aromatic rings. The maximum atomic E-state index is 11.7. The summed E-state index contributed by atoms with van der Waals surface area (Å²) in [5.41, 5.74) is 1.13. The van der Waals surface area contributed by atoms with Crippen molar-refractivity contribution >= 4 is 33.8 Å². The van der Waals surface area contributed by atoms with Gasteiger partial charge in [0.25, 0.3) is 0 Å². The lowest BCUT2D eigenvalue weighted by atomic mass is 10.2. The van der Waals surface area contributed by atoms with Gasteiger partial charge in [-0.25, -0.2) is 0 Å². The predicted molar refractivity (Wildman–Crippen MR) is 93.8 cm³/mol. The highest BCUT2D eigenvalue weighted by Gasteiger charge is 2.24. The van der Waals surface area contributed by atoms with Gasteiger partial charge in [-0.2, -0.15) is 0 Å². The average molecular weight is 331 g/mol. The van der Waals surface area contributed by atoms with Crippen LogP contribution in [0.3, 0.4) is 0 Å². The van der Waals surface area contributed by atoms with Crippen LogP contribution in [-0.2, 0) is 14.3 Å². The minimum absolute atomic E-state index is 0.00105. The molecule has 3 nitrogen and oxygen atoms in total. The van der Waals surface area contributed by atoms with E-state index in [-0.39, 0.29) is 21.1 Å². The highest BCUT2D eigenvalue weighted by molar-refractivity contribution is 8.15. The Kier molecular flexibility index (Phi) is 9.25. The first kappa shape index (κ1) is 20.5. The molecule has 1 unspecified atom stereocenters. The van der Waals surface area contributed by atoms with Gasteiger partial charge in [-0.05, 0) is 52.2 Å². The molecule has 0 aliphatic heterocycles. The van der Waals surface area contributed by atoms with E-state index in [1.165, 1.54) is 23.5 Å². The lowest BCUT2D eigenvalue weighted by Crippen LogP contribution is -2.27. The Hall–Kier alpha value is -0.520. The van der Waals surface area contributed by atoms with Crippen LogP contribution in [0.15, 0.2) is 24.3 Å². The molecule has 0 saturated heterocycles. The Balaban J connectivity index is 4.03. The van der Waals surface area contributed by atoms with Gasteiger partial charge in [-0.1, -0.05) is 36.7 Å². The van der Waals surface area contributed by atoms with Crippen molar-refractivity contribution in [1.82, 2.24) is 0 Å². The molecule has 0 aliphatic rings. The van der Waals surface area contributed by atoms with Gasteiger partial charge < -0.3 is 4.74 Å². The second kappa shape index (κ2) is 9.49. The van der Waals surface area contributed by atoms with Gasteiger partial charge in [0, 0.05) is 10.5 Å². The number of rotatable bonds is 9. The molecule has 0 aromatic carbocycles. The Labute approximate surface area is 137 Å². The first-order valence-electron chi connectivity index (χ1n) is 6.88. The van der Waals surface area contributed by atoms with Crippen molar-refractivity contribution in [1.29, 1.82) is 0 Å². The first-order chi connectivity index (χ1) is 9.55. The third-order valence-electron chi connectivity index (χ3n) is 2.54. The van der Waals surface area contributed by atoms with E-state index in [1.807, 2.05) is 20.8 Å². The largest absolute Gasteiger partial charge is 0.377 e. The van der Waals surface area contributed by atoms with Gasteiger partial charge in [0.05, 0.1) is 12.7 Å². The molecular weight excluding hydrogens is 304 g/mol. The topological polar surface area (TPSA) is 43.4 Å². The monoisotopic (exact) mass is 330 g/mol. The highest BCUT2D eigenvalue weighted by Crippen LogP contribution is 2.28. The molecular formula is C16H26O3S2. The third kappa shape index (κ3) is 9.93. The van der Waals surface area contributed by atoms with E-state index in [2.05, 4.69) is 13.2 Å². The summed E-state index contributed by atoms with van der Waals surface area (Å²) in [6, 6.07) is 0. The maximum absolute atomic E-state index is 11.7. The second-order valence-electron chi connectivity index (χ2n) is 5.76. The molecule has 0 rings (SSSR count). The molecule has 1 atom stereocenters. The van der Waals surface area contributed by atoms with Crippen LogP contribution in [-0.4, -0.2) is 33.4 Å². The van der Waals surface area contributed by atoms with E-state index < -0.39 is 0 Å². The molecule has 120 valence electrons. The van der Waals surface area contributed by atoms with E-state index in [4.69, 9.17) is 4.74 Å². The molecule has 0 saturated carbocycles. The first-order valence-corrected chi connectivity index (χ1v) is 8.68. The fraction of sp³-hybridized carbons (Fsp3) is 0.625. The third-order valence-corrected chi connectivity index (χ3v) is 4.79. The number of thioether (sulfide) groups is 2. The lowest BCUT2D eigenvalue weighted by molar-refractivity contribution is -0.108. The van der Waals surface area contributed by atoms with Crippen LogP contribution in [0.4, 0.5) is 0 Å². The van der Waals surface area contributed by atoms with Crippen LogP contribution in [0.1, 0.15) is 41.0 Å². The molecule has 0 spiro atoms. The minimum atomic E-state index is -0.287. The van der Waals surface area contributed by atoms with Crippen LogP contribution < -0.4 is 0 Å². The van der Waals surface area contributed by atoms with Crippen molar-refractivity contribution in [2.45, 2.75) is 51.9 Å². The molecule has 5 heteroatoms. The number of ether oxygens (including phenoxy) is 1. The number of carbonyl (C=O) groups excluding carboxylic acids is 2. The molecule has 0 N–H and O–H groups in total. The standard InChI is InChI=1S/C16H26O3S2/c1-11(2)14(17)20-9-8-13(5)19-10-16(6,7)21-15(18)12(3)4/h13H,1,3,8-10H2,2,4-7H3. The number of hydrogen-bond acceptors (Lipinski definition) is 5. The van der Waals surface area contributed by atoms with Crippen molar-refractivity contribution in [2.75, 3.05) is 12.4 Å². The Morgan fingerprint density at radius 2 is 1.67 bits per heavy atom.